The summed E-state index contributed by atoms with van der Waals surface area (Å²) >= 11 is 2.67. The molecule has 1 atom stereocenters. The molecule has 0 aliphatic heterocycles. The summed E-state index contributed by atoms with van der Waals surface area (Å²) in [5.74, 6) is -1.01. The average Bonchev–Trinajstić information content (AvgIpc) is 2.41. The lowest BCUT2D eigenvalue weighted by molar-refractivity contribution is -0.139. The van der Waals surface area contributed by atoms with Gasteiger partial charge in [0.05, 0.1) is 5.56 Å². The number of aromatic nitrogens is 2. The predicted octanol–water partition coefficient (Wildman–Crippen LogP) is 0.736. The summed E-state index contributed by atoms with van der Waals surface area (Å²) in [7, 11) is 0. The molecule has 21 heavy (non-hydrogen) atoms. The minimum atomic E-state index is -1.09. The van der Waals surface area contributed by atoms with Crippen LogP contribution in [0, 0.1) is 6.92 Å². The topological polar surface area (TPSA) is 112 Å². The number of amides is 1. The Bertz CT molecular complexity index is 588. The van der Waals surface area contributed by atoms with Gasteiger partial charge in [0, 0.05) is 5.69 Å². The summed E-state index contributed by atoms with van der Waals surface area (Å²) in [5.41, 5.74) is 0.0360. The second kappa shape index (κ2) is 8.08. The van der Waals surface area contributed by atoms with Crippen LogP contribution in [0.15, 0.2) is 9.82 Å². The molecule has 0 saturated heterocycles. The van der Waals surface area contributed by atoms with E-state index in [0.717, 1.165) is 11.8 Å². The van der Waals surface area contributed by atoms with Gasteiger partial charge in [-0.25, -0.2) is 9.59 Å². The maximum atomic E-state index is 12.3. The van der Waals surface area contributed by atoms with E-state index >= 15 is 0 Å². The largest absolute Gasteiger partial charge is 0.480 e. The highest BCUT2D eigenvalue weighted by atomic mass is 32.2. The number of carbonyl (C=O) groups excluding carboxylic acids is 1. The Morgan fingerprint density at radius 3 is 2.62 bits per heavy atom. The molecule has 1 aromatic heterocycles. The molecule has 0 aliphatic carbocycles. The second-order valence-electron chi connectivity index (χ2n) is 4.20. The Morgan fingerprint density at radius 2 is 2.10 bits per heavy atom. The first kappa shape index (κ1) is 17.6. The molecular formula is C12H17N3O4S2. The molecule has 0 aliphatic rings. The number of carboxylic acids is 1. The summed E-state index contributed by atoms with van der Waals surface area (Å²) in [4.78, 5) is 40.9. The molecule has 7 nitrogen and oxygen atoms in total. The molecule has 1 heterocycles. The molecular weight excluding hydrogens is 314 g/mol. The van der Waals surface area contributed by atoms with Crippen molar-refractivity contribution in [3.63, 3.8) is 0 Å². The van der Waals surface area contributed by atoms with Crippen LogP contribution in [0.25, 0.3) is 0 Å². The van der Waals surface area contributed by atoms with E-state index in [1.54, 1.807) is 13.2 Å². The van der Waals surface area contributed by atoms with E-state index in [2.05, 4.69) is 15.3 Å². The smallest absolute Gasteiger partial charge is 0.346 e. The van der Waals surface area contributed by atoms with Gasteiger partial charge in [-0.3, -0.25) is 4.79 Å². The molecule has 0 spiro atoms. The second-order valence-corrected chi connectivity index (χ2v) is 5.98. The zero-order valence-electron chi connectivity index (χ0n) is 11.9. The van der Waals surface area contributed by atoms with Gasteiger partial charge in [-0.1, -0.05) is 0 Å². The number of carbonyl (C=O) groups is 2. The maximum absolute atomic E-state index is 12.3. The van der Waals surface area contributed by atoms with Crippen LogP contribution in [0.3, 0.4) is 0 Å². The van der Waals surface area contributed by atoms with Crippen LogP contribution in [0.1, 0.15) is 22.5 Å². The number of nitrogens with one attached hydrogen (secondary N) is 2. The highest BCUT2D eigenvalue weighted by molar-refractivity contribution is 7.98. The van der Waals surface area contributed by atoms with Crippen molar-refractivity contribution in [1.29, 1.82) is 0 Å². The third kappa shape index (κ3) is 4.78. The van der Waals surface area contributed by atoms with E-state index in [0.29, 0.717) is 17.9 Å². The van der Waals surface area contributed by atoms with Crippen LogP contribution in [0.2, 0.25) is 0 Å². The van der Waals surface area contributed by atoms with Crippen molar-refractivity contribution < 1.29 is 14.7 Å². The van der Waals surface area contributed by atoms with E-state index in [9.17, 15) is 14.4 Å². The molecule has 3 N–H and O–H groups in total. The van der Waals surface area contributed by atoms with Crippen molar-refractivity contribution in [3.05, 3.63) is 21.7 Å². The number of aromatic amines is 1. The van der Waals surface area contributed by atoms with E-state index in [-0.39, 0.29) is 10.6 Å². The van der Waals surface area contributed by atoms with Gasteiger partial charge in [-0.2, -0.15) is 16.7 Å². The molecule has 9 heteroatoms. The van der Waals surface area contributed by atoms with E-state index in [1.807, 2.05) is 6.26 Å². The van der Waals surface area contributed by atoms with Gasteiger partial charge in [0.1, 0.15) is 11.1 Å². The lowest BCUT2D eigenvalue weighted by atomic mass is 10.2. The monoisotopic (exact) mass is 331 g/mol. The summed E-state index contributed by atoms with van der Waals surface area (Å²) in [6.45, 7) is 1.58. The number of rotatable bonds is 7. The number of aryl methyl sites for hydroxylation is 1. The fourth-order valence-corrected chi connectivity index (χ4v) is 2.79. The maximum Gasteiger partial charge on any atom is 0.346 e. The third-order valence-corrected chi connectivity index (χ3v) is 4.05. The molecule has 1 aromatic rings. The molecule has 116 valence electrons. The molecule has 1 rings (SSSR count). The molecule has 0 fully saturated rings. The molecule has 0 saturated carbocycles. The van der Waals surface area contributed by atoms with Crippen molar-refractivity contribution in [2.45, 2.75) is 24.4 Å². The SMILES string of the molecule is CSCC[C@H](NC(=O)c1c(SC)nc(=O)[nH]c1C)C(=O)O. The fraction of sp³-hybridized carbons (Fsp3) is 0.500. The van der Waals surface area contributed by atoms with Gasteiger partial charge in [-0.05, 0) is 31.6 Å². The third-order valence-electron chi connectivity index (χ3n) is 2.72. The van der Waals surface area contributed by atoms with Gasteiger partial charge in [-0.15, -0.1) is 11.8 Å². The van der Waals surface area contributed by atoms with Gasteiger partial charge >= 0.3 is 11.7 Å². The summed E-state index contributed by atoms with van der Waals surface area (Å²) in [5, 5.41) is 11.9. The van der Waals surface area contributed by atoms with Crippen molar-refractivity contribution >= 4 is 35.4 Å². The highest BCUT2D eigenvalue weighted by Gasteiger charge is 2.23. The molecule has 0 unspecified atom stereocenters. The summed E-state index contributed by atoms with van der Waals surface area (Å²) < 4.78 is 0. The lowest BCUT2D eigenvalue weighted by Gasteiger charge is -2.15. The Labute approximate surface area is 130 Å². The molecule has 1 amide bonds. The van der Waals surface area contributed by atoms with Gasteiger partial charge in [0.25, 0.3) is 5.91 Å². The van der Waals surface area contributed by atoms with Crippen LogP contribution in [-0.4, -0.2) is 51.3 Å². The molecule has 0 bridgehead atoms. The van der Waals surface area contributed by atoms with Gasteiger partial charge in [0.15, 0.2) is 0 Å². The first-order chi connectivity index (χ1) is 9.90. The fourth-order valence-electron chi connectivity index (χ4n) is 1.70. The van der Waals surface area contributed by atoms with Crippen LogP contribution < -0.4 is 11.0 Å². The standard InChI is InChI=1S/C12H17N3O4S2/c1-6-8(10(21-3)15-12(19)13-6)9(16)14-7(11(17)18)4-5-20-2/h7H,4-5H2,1-3H3,(H,14,16)(H,17,18)(H,13,15,19)/t7-/m0/s1. The first-order valence-electron chi connectivity index (χ1n) is 6.08. The molecule has 0 radical (unpaired) electrons. The van der Waals surface area contributed by atoms with Crippen LogP contribution in [0.5, 0.6) is 0 Å². The zero-order valence-corrected chi connectivity index (χ0v) is 13.6. The quantitative estimate of drug-likeness (QED) is 0.499. The summed E-state index contributed by atoms with van der Waals surface area (Å²) in [6.07, 6.45) is 3.88. The zero-order chi connectivity index (χ0) is 16.0. The van der Waals surface area contributed by atoms with Crippen LogP contribution in [-0.2, 0) is 4.79 Å². The molecule has 0 aromatic carbocycles. The van der Waals surface area contributed by atoms with Crippen molar-refractivity contribution in [2.75, 3.05) is 18.3 Å². The van der Waals surface area contributed by atoms with Crippen molar-refractivity contribution in [1.82, 2.24) is 15.3 Å². The lowest BCUT2D eigenvalue weighted by Crippen LogP contribution is -2.42. The Balaban J connectivity index is 3.02. The van der Waals surface area contributed by atoms with E-state index in [1.165, 1.54) is 11.8 Å². The highest BCUT2D eigenvalue weighted by Crippen LogP contribution is 2.18. The minimum Gasteiger partial charge on any atom is -0.480 e. The number of carboxylic acid groups (broad SMARTS) is 1. The number of thioether (sulfide) groups is 2. The number of hydrogen-bond donors (Lipinski definition) is 3. The normalized spacial score (nSPS) is 12.0. The number of H-pyrrole nitrogens is 1. The Morgan fingerprint density at radius 1 is 1.43 bits per heavy atom. The van der Waals surface area contributed by atoms with Gasteiger partial charge < -0.3 is 15.4 Å². The Kier molecular flexibility index (Phi) is 6.76. The number of hydrogen-bond acceptors (Lipinski definition) is 6. The van der Waals surface area contributed by atoms with Crippen LogP contribution in [0.4, 0.5) is 0 Å². The number of nitrogens with zero attached hydrogens (tertiary/aromatic N) is 1. The summed E-state index contributed by atoms with van der Waals surface area (Å²) in [6, 6.07) is -0.967. The van der Waals surface area contributed by atoms with E-state index < -0.39 is 23.6 Å². The van der Waals surface area contributed by atoms with E-state index in [4.69, 9.17) is 5.11 Å². The Hall–Kier alpha value is -1.48. The van der Waals surface area contributed by atoms with Crippen molar-refractivity contribution in [2.24, 2.45) is 0 Å². The van der Waals surface area contributed by atoms with Crippen LogP contribution >= 0.6 is 23.5 Å². The minimum absolute atomic E-state index is 0.206. The number of aliphatic carboxylic acids is 1. The average molecular weight is 331 g/mol. The van der Waals surface area contributed by atoms with Gasteiger partial charge in [0.2, 0.25) is 0 Å². The predicted molar refractivity (Wildman–Crippen MR) is 83.3 cm³/mol. The van der Waals surface area contributed by atoms with Crippen molar-refractivity contribution in [3.8, 4) is 0 Å². The first-order valence-corrected chi connectivity index (χ1v) is 8.70.